The minimum Gasteiger partial charge on any atom is -0.492 e. The Hall–Kier alpha value is -1.79. The van der Waals surface area contributed by atoms with Crippen LogP contribution in [-0.4, -0.2) is 55.5 Å². The number of benzene rings is 2. The monoisotopic (exact) mass is 449 g/mol. The van der Waals surface area contributed by atoms with Crippen LogP contribution in [0.15, 0.2) is 42.5 Å². The van der Waals surface area contributed by atoms with Crippen LogP contribution < -0.4 is 10.1 Å². The molecule has 0 spiro atoms. The maximum Gasteiger partial charge on any atom is 0.220 e. The molecule has 1 N–H and O–H groups in total. The third kappa shape index (κ3) is 7.17. The van der Waals surface area contributed by atoms with E-state index in [1.807, 2.05) is 0 Å². The van der Waals surface area contributed by atoms with Gasteiger partial charge in [0, 0.05) is 45.7 Å². The van der Waals surface area contributed by atoms with Crippen molar-refractivity contribution in [2.24, 2.45) is 0 Å². The first-order chi connectivity index (χ1) is 14.5. The van der Waals surface area contributed by atoms with Gasteiger partial charge >= 0.3 is 0 Å². The maximum atomic E-state index is 12.1. The standard InChI is InChI=1S/C23H29Cl2N3O2/c1-27-11-13-28(14-12-27)17-19-9-7-18(8-10-19)16-26-22(29)6-3-15-30-21-5-2-4-20(24)23(21)25/h2,4-5,7-10H,3,6,11-17H2,1H3,(H,26,29). The van der Waals surface area contributed by atoms with Gasteiger partial charge < -0.3 is 15.0 Å². The molecule has 162 valence electrons. The molecule has 0 radical (unpaired) electrons. The first-order valence-corrected chi connectivity index (χ1v) is 11.1. The van der Waals surface area contributed by atoms with Crippen LogP contribution in [0.4, 0.5) is 0 Å². The molecule has 0 aliphatic carbocycles. The quantitative estimate of drug-likeness (QED) is 0.582. The van der Waals surface area contributed by atoms with Crippen LogP contribution in [0.1, 0.15) is 24.0 Å². The highest BCUT2D eigenvalue weighted by atomic mass is 35.5. The van der Waals surface area contributed by atoms with E-state index in [1.54, 1.807) is 18.2 Å². The lowest BCUT2D eigenvalue weighted by molar-refractivity contribution is -0.121. The average molecular weight is 450 g/mol. The van der Waals surface area contributed by atoms with Crippen LogP contribution in [0, 0.1) is 0 Å². The Bertz CT molecular complexity index is 822. The number of hydrogen-bond acceptors (Lipinski definition) is 4. The van der Waals surface area contributed by atoms with Gasteiger partial charge in [0.15, 0.2) is 0 Å². The molecule has 5 nitrogen and oxygen atoms in total. The van der Waals surface area contributed by atoms with Gasteiger partial charge in [0.05, 0.1) is 11.6 Å². The van der Waals surface area contributed by atoms with Crippen LogP contribution in [0.3, 0.4) is 0 Å². The SMILES string of the molecule is CN1CCN(Cc2ccc(CNC(=O)CCCOc3cccc(Cl)c3Cl)cc2)CC1. The molecule has 1 saturated heterocycles. The summed E-state index contributed by atoms with van der Waals surface area (Å²) in [4.78, 5) is 16.9. The van der Waals surface area contributed by atoms with Gasteiger partial charge in [0.25, 0.3) is 0 Å². The number of nitrogens with zero attached hydrogens (tertiary/aromatic N) is 2. The molecular weight excluding hydrogens is 421 g/mol. The molecule has 1 aliphatic heterocycles. The molecule has 0 bridgehead atoms. The van der Waals surface area contributed by atoms with E-state index in [1.165, 1.54) is 5.56 Å². The van der Waals surface area contributed by atoms with E-state index < -0.39 is 0 Å². The molecule has 1 aliphatic rings. The molecule has 30 heavy (non-hydrogen) atoms. The van der Waals surface area contributed by atoms with Crippen molar-refractivity contribution in [3.63, 3.8) is 0 Å². The number of hydrogen-bond donors (Lipinski definition) is 1. The van der Waals surface area contributed by atoms with Crippen molar-refractivity contribution in [2.45, 2.75) is 25.9 Å². The fourth-order valence-electron chi connectivity index (χ4n) is 3.33. The topological polar surface area (TPSA) is 44.8 Å². The van der Waals surface area contributed by atoms with Crippen LogP contribution >= 0.6 is 23.2 Å². The summed E-state index contributed by atoms with van der Waals surface area (Å²) < 4.78 is 5.61. The Labute approximate surface area is 188 Å². The maximum absolute atomic E-state index is 12.1. The van der Waals surface area contributed by atoms with E-state index in [9.17, 15) is 4.79 Å². The van der Waals surface area contributed by atoms with Crippen LogP contribution in [0.25, 0.3) is 0 Å². The minimum absolute atomic E-state index is 0.0114. The van der Waals surface area contributed by atoms with Crippen LogP contribution in [-0.2, 0) is 17.9 Å². The summed E-state index contributed by atoms with van der Waals surface area (Å²) in [5, 5.41) is 3.83. The van der Waals surface area contributed by atoms with Gasteiger partial charge in [-0.05, 0) is 36.7 Å². The Morgan fingerprint density at radius 1 is 1.03 bits per heavy atom. The van der Waals surface area contributed by atoms with E-state index in [0.717, 1.165) is 38.3 Å². The second-order valence-corrected chi connectivity index (χ2v) is 8.46. The Morgan fingerprint density at radius 2 is 1.73 bits per heavy atom. The largest absolute Gasteiger partial charge is 0.492 e. The van der Waals surface area contributed by atoms with Crippen LogP contribution in [0.5, 0.6) is 5.75 Å². The van der Waals surface area contributed by atoms with Gasteiger partial charge in [0.2, 0.25) is 5.91 Å². The van der Waals surface area contributed by atoms with Crippen molar-refractivity contribution in [3.8, 4) is 5.75 Å². The molecule has 0 saturated carbocycles. The summed E-state index contributed by atoms with van der Waals surface area (Å²) >= 11 is 12.0. The van der Waals surface area contributed by atoms with Gasteiger partial charge in [-0.1, -0.05) is 53.5 Å². The number of amides is 1. The molecule has 1 fully saturated rings. The summed E-state index contributed by atoms with van der Waals surface area (Å²) in [6, 6.07) is 13.8. The zero-order valence-corrected chi connectivity index (χ0v) is 18.9. The number of likely N-dealkylation sites (N-methyl/N-ethyl adjacent to an activating group) is 1. The Balaban J connectivity index is 1.33. The third-order valence-corrected chi connectivity index (χ3v) is 6.04. The molecule has 1 amide bonds. The van der Waals surface area contributed by atoms with Crippen molar-refractivity contribution in [2.75, 3.05) is 39.8 Å². The normalized spacial score (nSPS) is 15.2. The van der Waals surface area contributed by atoms with Gasteiger partial charge in [-0.2, -0.15) is 0 Å². The number of rotatable bonds is 9. The molecule has 3 rings (SSSR count). The Morgan fingerprint density at radius 3 is 2.47 bits per heavy atom. The molecular formula is C23H29Cl2N3O2. The highest BCUT2D eigenvalue weighted by molar-refractivity contribution is 6.42. The minimum atomic E-state index is 0.0114. The van der Waals surface area contributed by atoms with Gasteiger partial charge in [-0.25, -0.2) is 0 Å². The average Bonchev–Trinajstić information content (AvgIpc) is 2.75. The second-order valence-electron chi connectivity index (χ2n) is 7.68. The molecule has 7 heteroatoms. The predicted octanol–water partition coefficient (Wildman–Crippen LogP) is 4.22. The summed E-state index contributed by atoms with van der Waals surface area (Å²) in [5.41, 5.74) is 2.42. The third-order valence-electron chi connectivity index (χ3n) is 5.24. The van der Waals surface area contributed by atoms with Crippen molar-refractivity contribution in [1.29, 1.82) is 0 Å². The number of carbonyl (C=O) groups is 1. The zero-order chi connectivity index (χ0) is 21.3. The molecule has 2 aromatic rings. The zero-order valence-electron chi connectivity index (χ0n) is 17.4. The molecule has 1 heterocycles. The van der Waals surface area contributed by atoms with E-state index in [4.69, 9.17) is 27.9 Å². The van der Waals surface area contributed by atoms with Gasteiger partial charge in [-0.15, -0.1) is 0 Å². The number of piperazine rings is 1. The fourth-order valence-corrected chi connectivity index (χ4v) is 3.67. The lowest BCUT2D eigenvalue weighted by Crippen LogP contribution is -2.43. The van der Waals surface area contributed by atoms with E-state index in [-0.39, 0.29) is 5.91 Å². The molecule has 0 atom stereocenters. The molecule has 2 aromatic carbocycles. The number of ether oxygens (including phenoxy) is 1. The summed E-state index contributed by atoms with van der Waals surface area (Å²) in [6.07, 6.45) is 1.01. The van der Waals surface area contributed by atoms with E-state index in [2.05, 4.69) is 46.4 Å². The number of carbonyl (C=O) groups excluding carboxylic acids is 1. The van der Waals surface area contributed by atoms with Crippen molar-refractivity contribution in [1.82, 2.24) is 15.1 Å². The molecule has 0 unspecified atom stereocenters. The summed E-state index contributed by atoms with van der Waals surface area (Å²) in [6.45, 7) is 6.41. The smallest absolute Gasteiger partial charge is 0.220 e. The number of nitrogens with one attached hydrogen (secondary N) is 1. The summed E-state index contributed by atoms with van der Waals surface area (Å²) in [5.74, 6) is 0.554. The number of halogens is 2. The first-order valence-electron chi connectivity index (χ1n) is 10.3. The van der Waals surface area contributed by atoms with Crippen molar-refractivity contribution < 1.29 is 9.53 Å². The van der Waals surface area contributed by atoms with Crippen LogP contribution in [0.2, 0.25) is 10.0 Å². The van der Waals surface area contributed by atoms with Crippen molar-refractivity contribution >= 4 is 29.1 Å². The van der Waals surface area contributed by atoms with E-state index >= 15 is 0 Å². The van der Waals surface area contributed by atoms with Gasteiger partial charge in [0.1, 0.15) is 10.8 Å². The predicted molar refractivity (Wildman–Crippen MR) is 122 cm³/mol. The lowest BCUT2D eigenvalue weighted by atomic mass is 10.1. The first kappa shape index (κ1) is 22.9. The van der Waals surface area contributed by atoms with Crippen molar-refractivity contribution in [3.05, 3.63) is 63.6 Å². The lowest BCUT2D eigenvalue weighted by Gasteiger charge is -2.32. The van der Waals surface area contributed by atoms with E-state index in [0.29, 0.717) is 41.8 Å². The molecule has 0 aromatic heterocycles. The highest BCUT2D eigenvalue weighted by Gasteiger charge is 2.13. The van der Waals surface area contributed by atoms with Gasteiger partial charge in [-0.3, -0.25) is 9.69 Å². The summed E-state index contributed by atoms with van der Waals surface area (Å²) in [7, 11) is 2.17. The second kappa shape index (κ2) is 11.6. The highest BCUT2D eigenvalue weighted by Crippen LogP contribution is 2.31. The fraction of sp³-hybridized carbons (Fsp3) is 0.435. The Kier molecular flexibility index (Phi) is 8.82.